The van der Waals surface area contributed by atoms with Crippen LogP contribution >= 0.6 is 11.3 Å². The summed E-state index contributed by atoms with van der Waals surface area (Å²) in [6.45, 7) is 7.95. The number of ether oxygens (including phenoxy) is 1. The van der Waals surface area contributed by atoms with E-state index < -0.39 is 0 Å². The standard InChI is InChI=1S/C24H28N4O2S/c1-3-30-21-10-6-19(7-11-21)24-26-22(17-31-24)23(29)25-20-8-4-18(5-9-20)16-28-14-12-27(2)13-15-28/h4-11,17H,3,12-16H2,1-2H3,(H,25,29). The Labute approximate surface area is 187 Å². The molecule has 6 nitrogen and oxygen atoms in total. The molecule has 0 aliphatic carbocycles. The number of hydrogen-bond donors (Lipinski definition) is 1. The van der Waals surface area contributed by atoms with E-state index in [0.717, 1.165) is 54.7 Å². The molecule has 162 valence electrons. The zero-order valence-corrected chi connectivity index (χ0v) is 18.8. The predicted molar refractivity (Wildman–Crippen MR) is 126 cm³/mol. The molecule has 0 radical (unpaired) electrons. The summed E-state index contributed by atoms with van der Waals surface area (Å²) in [6, 6.07) is 15.9. The maximum Gasteiger partial charge on any atom is 0.275 e. The molecule has 4 rings (SSSR count). The number of anilines is 1. The van der Waals surface area contributed by atoms with Crippen LogP contribution in [0.3, 0.4) is 0 Å². The first-order valence-electron chi connectivity index (χ1n) is 10.6. The fraction of sp³-hybridized carbons (Fsp3) is 0.333. The van der Waals surface area contributed by atoms with Gasteiger partial charge in [0, 0.05) is 49.4 Å². The van der Waals surface area contributed by atoms with Gasteiger partial charge in [0.1, 0.15) is 16.5 Å². The monoisotopic (exact) mass is 436 g/mol. The van der Waals surface area contributed by atoms with Crippen LogP contribution in [-0.4, -0.2) is 60.5 Å². The summed E-state index contributed by atoms with van der Waals surface area (Å²) in [6.07, 6.45) is 0. The van der Waals surface area contributed by atoms with Crippen LogP contribution in [0.1, 0.15) is 23.0 Å². The number of piperazine rings is 1. The Morgan fingerprint density at radius 1 is 1.06 bits per heavy atom. The van der Waals surface area contributed by atoms with Crippen LogP contribution in [0.25, 0.3) is 10.6 Å². The maximum absolute atomic E-state index is 12.6. The maximum atomic E-state index is 12.6. The van der Waals surface area contributed by atoms with E-state index in [1.807, 2.05) is 43.3 Å². The number of nitrogens with one attached hydrogen (secondary N) is 1. The van der Waals surface area contributed by atoms with Gasteiger partial charge in [0.25, 0.3) is 5.91 Å². The smallest absolute Gasteiger partial charge is 0.275 e. The average Bonchev–Trinajstić information content (AvgIpc) is 3.28. The molecule has 1 aliphatic rings. The number of aromatic nitrogens is 1. The molecule has 2 heterocycles. The number of benzene rings is 2. The van der Waals surface area contributed by atoms with Gasteiger partial charge in [-0.05, 0) is 55.9 Å². The van der Waals surface area contributed by atoms with E-state index in [-0.39, 0.29) is 5.91 Å². The topological polar surface area (TPSA) is 57.7 Å². The van der Waals surface area contributed by atoms with Gasteiger partial charge in [0.15, 0.2) is 0 Å². The molecule has 1 amide bonds. The van der Waals surface area contributed by atoms with Crippen LogP contribution in [0.2, 0.25) is 0 Å². The molecule has 1 N–H and O–H groups in total. The molecule has 0 bridgehead atoms. The van der Waals surface area contributed by atoms with Gasteiger partial charge in [0.05, 0.1) is 6.61 Å². The second kappa shape index (κ2) is 10.0. The second-order valence-electron chi connectivity index (χ2n) is 7.73. The molecule has 2 aromatic carbocycles. The fourth-order valence-corrected chi connectivity index (χ4v) is 4.33. The molecule has 0 atom stereocenters. The summed E-state index contributed by atoms with van der Waals surface area (Å²) in [7, 11) is 2.16. The summed E-state index contributed by atoms with van der Waals surface area (Å²) in [4.78, 5) is 22.0. The Balaban J connectivity index is 1.34. The molecule has 0 unspecified atom stereocenters. The zero-order valence-electron chi connectivity index (χ0n) is 18.0. The van der Waals surface area contributed by atoms with Gasteiger partial charge in [-0.25, -0.2) is 4.98 Å². The highest BCUT2D eigenvalue weighted by Crippen LogP contribution is 2.26. The number of nitrogens with zero attached hydrogens (tertiary/aromatic N) is 3. The summed E-state index contributed by atoms with van der Waals surface area (Å²) < 4.78 is 5.48. The molecule has 0 spiro atoms. The number of hydrogen-bond acceptors (Lipinski definition) is 6. The normalized spacial score (nSPS) is 15.0. The van der Waals surface area contributed by atoms with Crippen LogP contribution in [0, 0.1) is 0 Å². The quantitative estimate of drug-likeness (QED) is 0.601. The third-order valence-electron chi connectivity index (χ3n) is 5.36. The van der Waals surface area contributed by atoms with Crippen molar-refractivity contribution in [2.75, 3.05) is 45.2 Å². The van der Waals surface area contributed by atoms with Crippen molar-refractivity contribution >= 4 is 22.9 Å². The highest BCUT2D eigenvalue weighted by molar-refractivity contribution is 7.13. The Morgan fingerprint density at radius 2 is 1.77 bits per heavy atom. The molecule has 1 saturated heterocycles. The van der Waals surface area contributed by atoms with Gasteiger partial charge in [-0.15, -0.1) is 11.3 Å². The average molecular weight is 437 g/mol. The van der Waals surface area contributed by atoms with E-state index in [9.17, 15) is 4.79 Å². The van der Waals surface area contributed by atoms with Crippen molar-refractivity contribution in [1.82, 2.24) is 14.8 Å². The number of carbonyl (C=O) groups is 1. The van der Waals surface area contributed by atoms with Crippen LogP contribution < -0.4 is 10.1 Å². The lowest BCUT2D eigenvalue weighted by atomic mass is 10.1. The van der Waals surface area contributed by atoms with Crippen molar-refractivity contribution in [2.45, 2.75) is 13.5 Å². The van der Waals surface area contributed by atoms with E-state index in [4.69, 9.17) is 4.74 Å². The fourth-order valence-electron chi connectivity index (χ4n) is 3.52. The second-order valence-corrected chi connectivity index (χ2v) is 8.58. The van der Waals surface area contributed by atoms with Crippen molar-refractivity contribution < 1.29 is 9.53 Å². The Morgan fingerprint density at radius 3 is 2.45 bits per heavy atom. The van der Waals surface area contributed by atoms with Gasteiger partial charge in [-0.3, -0.25) is 9.69 Å². The number of likely N-dealkylation sites (N-methyl/N-ethyl adjacent to an activating group) is 1. The molecular formula is C24H28N4O2S. The first-order valence-corrected chi connectivity index (χ1v) is 11.5. The lowest BCUT2D eigenvalue weighted by Gasteiger charge is -2.32. The third-order valence-corrected chi connectivity index (χ3v) is 6.25. The molecule has 7 heteroatoms. The third kappa shape index (κ3) is 5.70. The molecule has 0 saturated carbocycles. The summed E-state index contributed by atoms with van der Waals surface area (Å²) in [5, 5.41) is 5.56. The summed E-state index contributed by atoms with van der Waals surface area (Å²) >= 11 is 1.46. The summed E-state index contributed by atoms with van der Waals surface area (Å²) in [5.74, 6) is 0.636. The number of amides is 1. The highest BCUT2D eigenvalue weighted by atomic mass is 32.1. The van der Waals surface area contributed by atoms with Crippen molar-refractivity contribution in [3.63, 3.8) is 0 Å². The van der Waals surface area contributed by atoms with E-state index in [1.54, 1.807) is 5.38 Å². The van der Waals surface area contributed by atoms with E-state index in [1.165, 1.54) is 16.9 Å². The minimum absolute atomic E-state index is 0.194. The highest BCUT2D eigenvalue weighted by Gasteiger charge is 2.15. The van der Waals surface area contributed by atoms with Crippen molar-refractivity contribution in [3.05, 3.63) is 65.2 Å². The Bertz CT molecular complexity index is 993. The van der Waals surface area contributed by atoms with Gasteiger partial charge in [-0.2, -0.15) is 0 Å². The van der Waals surface area contributed by atoms with E-state index >= 15 is 0 Å². The molecule has 1 fully saturated rings. The predicted octanol–water partition coefficient (Wildman–Crippen LogP) is 4.21. The molecule has 1 aliphatic heterocycles. The van der Waals surface area contributed by atoms with Crippen LogP contribution in [-0.2, 0) is 6.54 Å². The molecular weight excluding hydrogens is 408 g/mol. The van der Waals surface area contributed by atoms with Gasteiger partial charge >= 0.3 is 0 Å². The Hall–Kier alpha value is -2.74. The van der Waals surface area contributed by atoms with E-state index in [0.29, 0.717) is 12.3 Å². The van der Waals surface area contributed by atoms with Crippen LogP contribution in [0.15, 0.2) is 53.9 Å². The van der Waals surface area contributed by atoms with Crippen molar-refractivity contribution in [2.24, 2.45) is 0 Å². The van der Waals surface area contributed by atoms with Crippen molar-refractivity contribution in [3.8, 4) is 16.3 Å². The van der Waals surface area contributed by atoms with E-state index in [2.05, 4.69) is 39.3 Å². The summed E-state index contributed by atoms with van der Waals surface area (Å²) in [5.41, 5.74) is 3.44. The zero-order chi connectivity index (χ0) is 21.6. The number of rotatable bonds is 7. The van der Waals surface area contributed by atoms with Gasteiger partial charge in [0.2, 0.25) is 0 Å². The first kappa shape index (κ1) is 21.5. The molecule has 3 aromatic rings. The van der Waals surface area contributed by atoms with Gasteiger partial charge in [-0.1, -0.05) is 12.1 Å². The number of carbonyl (C=O) groups excluding carboxylic acids is 1. The van der Waals surface area contributed by atoms with Gasteiger partial charge < -0.3 is 15.0 Å². The largest absolute Gasteiger partial charge is 0.494 e. The first-order chi connectivity index (χ1) is 15.1. The van der Waals surface area contributed by atoms with Crippen LogP contribution in [0.5, 0.6) is 5.75 Å². The lowest BCUT2D eigenvalue weighted by Crippen LogP contribution is -2.43. The van der Waals surface area contributed by atoms with Crippen molar-refractivity contribution in [1.29, 1.82) is 0 Å². The lowest BCUT2D eigenvalue weighted by molar-refractivity contribution is 0.102. The number of thiazole rings is 1. The SMILES string of the molecule is CCOc1ccc(-c2nc(C(=O)Nc3ccc(CN4CCN(C)CC4)cc3)cs2)cc1. The van der Waals surface area contributed by atoms with Crippen LogP contribution in [0.4, 0.5) is 5.69 Å². The molecule has 1 aromatic heterocycles. The minimum Gasteiger partial charge on any atom is -0.494 e. The Kier molecular flexibility index (Phi) is 6.96. The minimum atomic E-state index is -0.194. The molecule has 31 heavy (non-hydrogen) atoms.